The first-order valence-corrected chi connectivity index (χ1v) is 12.8. The molecule has 5 rings (SSSR count). The third-order valence-corrected chi connectivity index (χ3v) is 8.68. The van der Waals surface area contributed by atoms with E-state index in [1.807, 2.05) is 12.1 Å². The molecular weight excluding hydrogens is 448 g/mol. The molecule has 2 aromatic heterocycles. The van der Waals surface area contributed by atoms with Crippen LogP contribution in [0.5, 0.6) is 0 Å². The van der Waals surface area contributed by atoms with E-state index in [2.05, 4.69) is 5.16 Å². The van der Waals surface area contributed by atoms with E-state index in [1.165, 1.54) is 0 Å². The van der Waals surface area contributed by atoms with Crippen LogP contribution in [0.2, 0.25) is 5.02 Å². The lowest BCUT2D eigenvalue weighted by molar-refractivity contribution is 0.285. The lowest BCUT2D eigenvalue weighted by Crippen LogP contribution is -2.31. The second-order valence-corrected chi connectivity index (χ2v) is 11.0. The van der Waals surface area contributed by atoms with Gasteiger partial charge in [0, 0.05) is 11.4 Å². The fourth-order valence-electron chi connectivity index (χ4n) is 5.02. The zero-order valence-corrected chi connectivity index (χ0v) is 19.2. The number of pyridine rings is 1. The Morgan fingerprint density at radius 1 is 1.09 bits per heavy atom. The second kappa shape index (κ2) is 8.05. The average Bonchev–Trinajstić information content (AvgIpc) is 3.16. The maximum absolute atomic E-state index is 13.5. The van der Waals surface area contributed by atoms with Crippen LogP contribution in [0.3, 0.4) is 0 Å². The standard InChI is InChI=1S/C24H23ClN2O4S/c1-15-21-23(26-31-15)22-19(25)11-6-12-20(22)27(24(21)28)17-8-5-7-16(13-17)14-32(29,30)18-9-3-2-4-10-18/h2-4,6,9-12,16-17H,5,7-8,13-14H2,1H3. The Morgan fingerprint density at radius 3 is 2.66 bits per heavy atom. The monoisotopic (exact) mass is 470 g/mol. The van der Waals surface area contributed by atoms with E-state index >= 15 is 0 Å². The molecule has 1 aliphatic rings. The van der Waals surface area contributed by atoms with Gasteiger partial charge in [-0.25, -0.2) is 8.42 Å². The molecule has 1 fully saturated rings. The van der Waals surface area contributed by atoms with Crippen molar-refractivity contribution in [1.82, 2.24) is 9.72 Å². The van der Waals surface area contributed by atoms with E-state index in [4.69, 9.17) is 16.1 Å². The van der Waals surface area contributed by atoms with Gasteiger partial charge >= 0.3 is 0 Å². The van der Waals surface area contributed by atoms with Crippen LogP contribution in [0.1, 0.15) is 37.5 Å². The van der Waals surface area contributed by atoms with Crippen LogP contribution in [0, 0.1) is 12.8 Å². The van der Waals surface area contributed by atoms with Gasteiger partial charge in [-0.05, 0) is 56.4 Å². The highest BCUT2D eigenvalue weighted by atomic mass is 35.5. The number of hydrogen-bond acceptors (Lipinski definition) is 5. The summed E-state index contributed by atoms with van der Waals surface area (Å²) >= 11 is 6.52. The quantitative estimate of drug-likeness (QED) is 0.403. The summed E-state index contributed by atoms with van der Waals surface area (Å²) in [4.78, 5) is 13.9. The lowest BCUT2D eigenvalue weighted by atomic mass is 9.86. The van der Waals surface area contributed by atoms with Crippen molar-refractivity contribution in [2.24, 2.45) is 5.92 Å². The molecule has 2 aromatic carbocycles. The van der Waals surface area contributed by atoms with Crippen molar-refractivity contribution in [3.05, 3.63) is 69.7 Å². The Labute approximate surface area is 190 Å². The molecule has 0 spiro atoms. The zero-order valence-electron chi connectivity index (χ0n) is 17.6. The maximum atomic E-state index is 13.5. The summed E-state index contributed by atoms with van der Waals surface area (Å²) < 4.78 is 33.0. The predicted octanol–water partition coefficient (Wildman–Crippen LogP) is 5.31. The third-order valence-electron chi connectivity index (χ3n) is 6.46. The summed E-state index contributed by atoms with van der Waals surface area (Å²) in [6.45, 7) is 1.72. The van der Waals surface area contributed by atoms with E-state index in [-0.39, 0.29) is 23.3 Å². The molecule has 0 aliphatic heterocycles. The van der Waals surface area contributed by atoms with Crippen LogP contribution in [-0.2, 0) is 9.84 Å². The van der Waals surface area contributed by atoms with Crippen molar-refractivity contribution < 1.29 is 12.9 Å². The second-order valence-electron chi connectivity index (χ2n) is 8.55. The van der Waals surface area contributed by atoms with Crippen molar-refractivity contribution in [3.63, 3.8) is 0 Å². The number of halogens is 1. The van der Waals surface area contributed by atoms with E-state index in [0.717, 1.165) is 19.3 Å². The van der Waals surface area contributed by atoms with Gasteiger partial charge in [0.2, 0.25) is 0 Å². The van der Waals surface area contributed by atoms with Gasteiger partial charge in [0.05, 0.1) is 21.2 Å². The molecule has 6 nitrogen and oxygen atoms in total. The Bertz CT molecular complexity index is 1470. The highest BCUT2D eigenvalue weighted by Crippen LogP contribution is 2.38. The van der Waals surface area contributed by atoms with E-state index in [9.17, 15) is 13.2 Å². The molecule has 166 valence electrons. The van der Waals surface area contributed by atoms with Crippen LogP contribution < -0.4 is 5.56 Å². The average molecular weight is 471 g/mol. The molecule has 1 aliphatic carbocycles. The van der Waals surface area contributed by atoms with Crippen LogP contribution in [-0.4, -0.2) is 23.9 Å². The number of aromatic nitrogens is 2. The van der Waals surface area contributed by atoms with Gasteiger partial charge in [-0.3, -0.25) is 4.79 Å². The van der Waals surface area contributed by atoms with Gasteiger partial charge < -0.3 is 9.09 Å². The van der Waals surface area contributed by atoms with Crippen molar-refractivity contribution in [2.75, 3.05) is 5.75 Å². The fraction of sp³-hybridized carbons (Fsp3) is 0.333. The normalized spacial score (nSPS) is 19.6. The van der Waals surface area contributed by atoms with Crippen LogP contribution in [0.15, 0.2) is 62.7 Å². The molecule has 2 heterocycles. The van der Waals surface area contributed by atoms with Gasteiger partial charge in [-0.2, -0.15) is 0 Å². The van der Waals surface area contributed by atoms with Gasteiger partial charge in [-0.15, -0.1) is 0 Å². The summed E-state index contributed by atoms with van der Waals surface area (Å²) in [5.74, 6) is 0.508. The largest absolute Gasteiger partial charge is 0.360 e. The number of rotatable bonds is 4. The molecule has 0 saturated heterocycles. The molecule has 2 atom stereocenters. The van der Waals surface area contributed by atoms with Crippen molar-refractivity contribution >= 4 is 43.2 Å². The zero-order chi connectivity index (χ0) is 22.5. The Morgan fingerprint density at radius 2 is 1.88 bits per heavy atom. The summed E-state index contributed by atoms with van der Waals surface area (Å²) in [6.07, 6.45) is 3.10. The van der Waals surface area contributed by atoms with E-state index < -0.39 is 9.84 Å². The first kappa shape index (κ1) is 21.2. The first-order chi connectivity index (χ1) is 15.4. The van der Waals surface area contributed by atoms with Gasteiger partial charge in [0.1, 0.15) is 16.7 Å². The Balaban J connectivity index is 1.57. The SMILES string of the molecule is Cc1onc2c1c(=O)n(C1CCCC(CS(=O)(=O)c3ccccc3)C1)c1cccc(Cl)c21. The number of benzene rings is 2. The molecule has 2 unspecified atom stereocenters. The van der Waals surface area contributed by atoms with E-state index in [0.29, 0.717) is 43.9 Å². The minimum absolute atomic E-state index is 0.0284. The molecule has 0 amide bonds. The van der Waals surface area contributed by atoms with Crippen molar-refractivity contribution in [1.29, 1.82) is 0 Å². The van der Waals surface area contributed by atoms with Gasteiger partial charge in [0.15, 0.2) is 9.84 Å². The molecule has 32 heavy (non-hydrogen) atoms. The van der Waals surface area contributed by atoms with Gasteiger partial charge in [-0.1, -0.05) is 47.4 Å². The minimum atomic E-state index is -3.39. The third kappa shape index (κ3) is 3.53. The van der Waals surface area contributed by atoms with Gasteiger partial charge in [0.25, 0.3) is 5.56 Å². The maximum Gasteiger partial charge on any atom is 0.264 e. The van der Waals surface area contributed by atoms with Crippen LogP contribution in [0.25, 0.3) is 21.8 Å². The lowest BCUT2D eigenvalue weighted by Gasteiger charge is -2.31. The van der Waals surface area contributed by atoms with E-state index in [1.54, 1.807) is 47.9 Å². The summed E-state index contributed by atoms with van der Waals surface area (Å²) in [6, 6.07) is 13.9. The smallest absolute Gasteiger partial charge is 0.264 e. The molecule has 0 radical (unpaired) electrons. The first-order valence-electron chi connectivity index (χ1n) is 10.7. The predicted molar refractivity (Wildman–Crippen MR) is 125 cm³/mol. The summed E-state index contributed by atoms with van der Waals surface area (Å²) in [5, 5.41) is 5.74. The van der Waals surface area contributed by atoms with Crippen LogP contribution >= 0.6 is 11.6 Å². The topological polar surface area (TPSA) is 82.2 Å². The summed E-state index contributed by atoms with van der Waals surface area (Å²) in [5.41, 5.74) is 1.02. The Kier molecular flexibility index (Phi) is 5.34. The van der Waals surface area contributed by atoms with Crippen molar-refractivity contribution in [3.8, 4) is 0 Å². The molecule has 0 N–H and O–H groups in total. The fourth-order valence-corrected chi connectivity index (χ4v) is 6.96. The number of sulfone groups is 1. The molecule has 4 aromatic rings. The number of hydrogen-bond donors (Lipinski definition) is 0. The number of fused-ring (bicyclic) bond motifs is 3. The number of aryl methyl sites for hydroxylation is 1. The number of nitrogens with zero attached hydrogens (tertiary/aromatic N) is 2. The highest BCUT2D eigenvalue weighted by molar-refractivity contribution is 7.91. The summed E-state index contributed by atoms with van der Waals surface area (Å²) in [7, 11) is -3.39. The molecule has 0 bridgehead atoms. The molecular formula is C24H23ClN2O4S. The molecule has 8 heteroatoms. The Hall–Kier alpha value is -2.64. The minimum Gasteiger partial charge on any atom is -0.360 e. The van der Waals surface area contributed by atoms with Crippen molar-refractivity contribution in [2.45, 2.75) is 43.5 Å². The highest BCUT2D eigenvalue weighted by Gasteiger charge is 2.30. The van der Waals surface area contributed by atoms with Crippen LogP contribution in [0.4, 0.5) is 0 Å². The molecule has 1 saturated carbocycles.